The Balaban J connectivity index is 1.81. The molecule has 2 aliphatic heterocycles. The molecule has 0 radical (unpaired) electrons. The van der Waals surface area contributed by atoms with Gasteiger partial charge in [0, 0.05) is 24.6 Å². The van der Waals surface area contributed by atoms with Gasteiger partial charge in [0.15, 0.2) is 0 Å². The Labute approximate surface area is 146 Å². The summed E-state index contributed by atoms with van der Waals surface area (Å²) in [5.74, 6) is 2.51. The molecule has 0 spiro atoms. The van der Waals surface area contributed by atoms with Gasteiger partial charge in [-0.1, -0.05) is 0 Å². The highest BCUT2D eigenvalue weighted by Crippen LogP contribution is 2.48. The van der Waals surface area contributed by atoms with Gasteiger partial charge in [0.1, 0.15) is 17.3 Å². The van der Waals surface area contributed by atoms with E-state index in [0.29, 0.717) is 12.2 Å². The van der Waals surface area contributed by atoms with Gasteiger partial charge in [-0.2, -0.15) is 0 Å². The molecule has 4 rings (SSSR count). The van der Waals surface area contributed by atoms with E-state index in [-0.39, 0.29) is 18.0 Å². The minimum absolute atomic E-state index is 0.0109. The number of carbonyl (C=O) groups excluding carboxylic acids is 1. The molecule has 1 amide bonds. The highest BCUT2D eigenvalue weighted by atomic mass is 16.5. The number of hydrogen-bond acceptors (Lipinski definition) is 5. The maximum atomic E-state index is 12.4. The highest BCUT2D eigenvalue weighted by molar-refractivity contribution is 5.80. The van der Waals surface area contributed by atoms with Crippen LogP contribution in [0.1, 0.15) is 42.7 Å². The molecule has 1 fully saturated rings. The lowest BCUT2D eigenvalue weighted by atomic mass is 9.90. The van der Waals surface area contributed by atoms with Crippen LogP contribution in [0.25, 0.3) is 0 Å². The fourth-order valence-corrected chi connectivity index (χ4v) is 3.86. The van der Waals surface area contributed by atoms with Crippen LogP contribution in [0.2, 0.25) is 0 Å². The van der Waals surface area contributed by atoms with Crippen LogP contribution in [0.3, 0.4) is 0 Å². The van der Waals surface area contributed by atoms with Crippen LogP contribution >= 0.6 is 0 Å². The number of likely N-dealkylation sites (tertiary alicyclic amines) is 1. The Morgan fingerprint density at radius 3 is 2.80 bits per heavy atom. The van der Waals surface area contributed by atoms with Gasteiger partial charge in [-0.25, -0.2) is 0 Å². The summed E-state index contributed by atoms with van der Waals surface area (Å²) in [6, 6.07) is 7.67. The first kappa shape index (κ1) is 15.9. The zero-order valence-corrected chi connectivity index (χ0v) is 14.5. The monoisotopic (exact) mass is 342 g/mol. The van der Waals surface area contributed by atoms with Crippen LogP contribution in [0.15, 0.2) is 34.9 Å². The molecule has 2 aromatic rings. The Bertz CT molecular complexity index is 772. The first-order chi connectivity index (χ1) is 12.2. The third-order valence-electron chi connectivity index (χ3n) is 5.07. The van der Waals surface area contributed by atoms with Crippen molar-refractivity contribution in [3.63, 3.8) is 0 Å². The van der Waals surface area contributed by atoms with Crippen LogP contribution < -0.4 is 14.8 Å². The van der Waals surface area contributed by atoms with Crippen molar-refractivity contribution >= 4 is 11.6 Å². The number of rotatable bonds is 4. The average Bonchev–Trinajstić information content (AvgIpc) is 3.31. The lowest BCUT2D eigenvalue weighted by molar-refractivity contribution is -0.130. The van der Waals surface area contributed by atoms with E-state index < -0.39 is 0 Å². The summed E-state index contributed by atoms with van der Waals surface area (Å²) in [6.45, 7) is 0.785. The predicted octanol–water partition coefficient (Wildman–Crippen LogP) is 3.52. The molecule has 2 atom stereocenters. The number of hydrogen-bond donors (Lipinski definition) is 1. The number of amides is 1. The summed E-state index contributed by atoms with van der Waals surface area (Å²) >= 11 is 0. The third-order valence-corrected chi connectivity index (χ3v) is 5.07. The van der Waals surface area contributed by atoms with Gasteiger partial charge in [0.25, 0.3) is 0 Å². The van der Waals surface area contributed by atoms with Crippen molar-refractivity contribution in [2.45, 2.75) is 31.3 Å². The van der Waals surface area contributed by atoms with Gasteiger partial charge in [-0.3, -0.25) is 4.79 Å². The maximum Gasteiger partial charge on any atom is 0.223 e. The number of nitrogens with one attached hydrogen (secondary N) is 1. The zero-order chi connectivity index (χ0) is 17.4. The molecule has 6 nitrogen and oxygen atoms in total. The smallest absolute Gasteiger partial charge is 0.223 e. The third kappa shape index (κ3) is 2.71. The molecule has 25 heavy (non-hydrogen) atoms. The molecular weight excluding hydrogens is 320 g/mol. The first-order valence-electron chi connectivity index (χ1n) is 8.56. The van der Waals surface area contributed by atoms with Crippen LogP contribution in [0.4, 0.5) is 5.69 Å². The number of carbonyl (C=O) groups is 1. The second-order valence-corrected chi connectivity index (χ2v) is 6.45. The number of methoxy groups -OCH3 is 2. The molecule has 3 heterocycles. The lowest BCUT2D eigenvalue weighted by Crippen LogP contribution is -2.35. The second-order valence-electron chi connectivity index (χ2n) is 6.45. The summed E-state index contributed by atoms with van der Waals surface area (Å²) in [4.78, 5) is 14.4. The predicted molar refractivity (Wildman–Crippen MR) is 92.9 cm³/mol. The molecule has 2 aliphatic rings. The van der Waals surface area contributed by atoms with Crippen LogP contribution in [-0.4, -0.2) is 31.6 Å². The fraction of sp³-hybridized carbons (Fsp3) is 0.421. The van der Waals surface area contributed by atoms with E-state index in [4.69, 9.17) is 13.9 Å². The standard InChI is InChI=1S/C19H22N2O4/c1-23-12-9-13-15(21-7-3-6-18(21)22)11-14(16-5-4-8-25-16)20-19(13)17(10-12)24-2/h4-5,8-10,14-15,20H,3,6-7,11H2,1-2H3/t14-,15?/m0/s1. The molecule has 6 heteroatoms. The summed E-state index contributed by atoms with van der Waals surface area (Å²) in [5, 5.41) is 3.53. The van der Waals surface area contributed by atoms with Gasteiger partial charge < -0.3 is 24.1 Å². The zero-order valence-electron chi connectivity index (χ0n) is 14.5. The van der Waals surface area contributed by atoms with E-state index in [9.17, 15) is 4.79 Å². The maximum absolute atomic E-state index is 12.4. The molecular formula is C19H22N2O4. The van der Waals surface area contributed by atoms with Crippen molar-refractivity contribution in [1.82, 2.24) is 4.90 Å². The molecule has 132 valence electrons. The van der Waals surface area contributed by atoms with Crippen molar-refractivity contribution in [2.24, 2.45) is 0 Å². The second kappa shape index (κ2) is 6.35. The molecule has 1 N–H and O–H groups in total. The Morgan fingerprint density at radius 1 is 1.28 bits per heavy atom. The molecule has 0 aliphatic carbocycles. The van der Waals surface area contributed by atoms with Crippen molar-refractivity contribution in [3.05, 3.63) is 41.9 Å². The summed E-state index contributed by atoms with van der Waals surface area (Å²) in [5.41, 5.74) is 1.94. The number of nitrogens with zero attached hydrogens (tertiary/aromatic N) is 1. The first-order valence-corrected chi connectivity index (χ1v) is 8.56. The van der Waals surface area contributed by atoms with Gasteiger partial charge in [-0.05, 0) is 31.0 Å². The molecule has 1 saturated heterocycles. The average molecular weight is 342 g/mol. The SMILES string of the molecule is COc1cc(OC)c2c(c1)C(N1CCCC1=O)C[C@@H](c1ccco1)N2. The quantitative estimate of drug-likeness (QED) is 0.921. The number of ether oxygens (including phenoxy) is 2. The topological polar surface area (TPSA) is 63.9 Å². The lowest BCUT2D eigenvalue weighted by Gasteiger charge is -2.38. The van der Waals surface area contributed by atoms with E-state index >= 15 is 0 Å². The van der Waals surface area contributed by atoms with E-state index in [2.05, 4.69) is 5.32 Å². The van der Waals surface area contributed by atoms with Crippen molar-refractivity contribution in [1.29, 1.82) is 0 Å². The molecule has 1 aromatic carbocycles. The minimum atomic E-state index is -0.0228. The Hall–Kier alpha value is -2.63. The minimum Gasteiger partial charge on any atom is -0.497 e. The summed E-state index contributed by atoms with van der Waals surface area (Å²) < 4.78 is 16.6. The number of anilines is 1. The van der Waals surface area contributed by atoms with E-state index in [1.807, 2.05) is 29.2 Å². The van der Waals surface area contributed by atoms with E-state index in [1.165, 1.54) is 0 Å². The van der Waals surface area contributed by atoms with Crippen molar-refractivity contribution in [2.75, 3.05) is 26.1 Å². The number of fused-ring (bicyclic) bond motifs is 1. The van der Waals surface area contributed by atoms with Crippen LogP contribution in [-0.2, 0) is 4.79 Å². The summed E-state index contributed by atoms with van der Waals surface area (Å²) in [7, 11) is 3.28. The fourth-order valence-electron chi connectivity index (χ4n) is 3.86. The Kier molecular flexibility index (Phi) is 4.03. The van der Waals surface area contributed by atoms with Crippen LogP contribution in [0.5, 0.6) is 11.5 Å². The largest absolute Gasteiger partial charge is 0.497 e. The van der Waals surface area contributed by atoms with Gasteiger partial charge in [0.05, 0.1) is 38.3 Å². The highest BCUT2D eigenvalue weighted by Gasteiger charge is 2.38. The normalized spacial score (nSPS) is 22.5. The van der Waals surface area contributed by atoms with E-state index in [1.54, 1.807) is 20.5 Å². The van der Waals surface area contributed by atoms with E-state index in [0.717, 1.165) is 42.1 Å². The number of furan rings is 1. The molecule has 0 saturated carbocycles. The van der Waals surface area contributed by atoms with Gasteiger partial charge in [0.2, 0.25) is 5.91 Å². The Morgan fingerprint density at radius 2 is 2.16 bits per heavy atom. The van der Waals surface area contributed by atoms with Gasteiger partial charge >= 0.3 is 0 Å². The molecule has 1 unspecified atom stereocenters. The summed E-state index contributed by atoms with van der Waals surface area (Å²) in [6.07, 6.45) is 3.95. The number of benzene rings is 1. The van der Waals surface area contributed by atoms with Gasteiger partial charge in [-0.15, -0.1) is 0 Å². The van der Waals surface area contributed by atoms with Crippen molar-refractivity contribution < 1.29 is 18.7 Å². The molecule has 0 bridgehead atoms. The van der Waals surface area contributed by atoms with Crippen molar-refractivity contribution in [3.8, 4) is 11.5 Å². The molecule has 1 aromatic heterocycles. The van der Waals surface area contributed by atoms with Crippen LogP contribution in [0, 0.1) is 0 Å².